The molecule has 6 nitrogen and oxygen atoms in total. The molecule has 1 unspecified atom stereocenters. The van der Waals surface area contributed by atoms with Crippen molar-refractivity contribution in [1.82, 2.24) is 0 Å². The van der Waals surface area contributed by atoms with Crippen LogP contribution in [-0.2, 0) is 10.9 Å². The molecule has 1 aliphatic rings. The van der Waals surface area contributed by atoms with Gasteiger partial charge >= 0.3 is 12.1 Å². The minimum absolute atomic E-state index is 0.178. The lowest BCUT2D eigenvalue weighted by Crippen LogP contribution is -2.13. The average Bonchev–Trinajstić information content (AvgIpc) is 2.83. The van der Waals surface area contributed by atoms with E-state index in [1.807, 2.05) is 0 Å². The number of fused-ring (bicyclic) bond motifs is 1. The van der Waals surface area contributed by atoms with Gasteiger partial charge in [0.1, 0.15) is 5.69 Å². The highest BCUT2D eigenvalue weighted by atomic mass is 19.4. The topological polar surface area (TPSA) is 81.5 Å². The summed E-state index contributed by atoms with van der Waals surface area (Å²) in [6.45, 7) is 0. The molecule has 0 saturated heterocycles. The maximum Gasteiger partial charge on any atom is 0.416 e. The van der Waals surface area contributed by atoms with Crippen LogP contribution in [0.5, 0.6) is 0 Å². The summed E-state index contributed by atoms with van der Waals surface area (Å²) in [5, 5.41) is 13.7. The Balaban J connectivity index is 1.97. The highest BCUT2D eigenvalue weighted by molar-refractivity contribution is 5.94. The lowest BCUT2D eigenvalue weighted by Gasteiger charge is -2.15. The predicted molar refractivity (Wildman–Crippen MR) is 76.3 cm³/mol. The first-order valence-corrected chi connectivity index (χ1v) is 6.69. The summed E-state index contributed by atoms with van der Waals surface area (Å²) < 4.78 is 43.2. The van der Waals surface area contributed by atoms with E-state index in [0.717, 1.165) is 12.1 Å². The fourth-order valence-corrected chi connectivity index (χ4v) is 2.38. The minimum atomic E-state index is -4.70. The van der Waals surface area contributed by atoms with Gasteiger partial charge in [-0.1, -0.05) is 18.2 Å². The van der Waals surface area contributed by atoms with Gasteiger partial charge in [0.15, 0.2) is 0 Å². The second kappa shape index (κ2) is 5.52. The minimum Gasteiger partial charge on any atom is -0.434 e. The van der Waals surface area contributed by atoms with Crippen molar-refractivity contribution in [3.8, 4) is 0 Å². The van der Waals surface area contributed by atoms with Crippen molar-refractivity contribution in [2.75, 3.05) is 5.32 Å². The number of cyclic esters (lactones) is 1. The summed E-state index contributed by atoms with van der Waals surface area (Å²) in [5.74, 6) is -0.613. The maximum absolute atomic E-state index is 12.7. The van der Waals surface area contributed by atoms with Crippen molar-refractivity contribution in [3.63, 3.8) is 0 Å². The zero-order valence-corrected chi connectivity index (χ0v) is 11.8. The molecule has 1 heterocycles. The Morgan fingerprint density at radius 3 is 2.54 bits per heavy atom. The molecule has 124 valence electrons. The van der Waals surface area contributed by atoms with E-state index >= 15 is 0 Å². The number of hydrogen-bond acceptors (Lipinski definition) is 5. The summed E-state index contributed by atoms with van der Waals surface area (Å²) in [5.41, 5.74) is -1.32. The number of hydrogen-bond donors (Lipinski definition) is 1. The maximum atomic E-state index is 12.7. The van der Waals surface area contributed by atoms with Crippen molar-refractivity contribution >= 4 is 17.3 Å². The molecule has 0 radical (unpaired) electrons. The Kier molecular flexibility index (Phi) is 3.63. The Bertz CT molecular complexity index is 836. The van der Waals surface area contributed by atoms with Crippen molar-refractivity contribution in [2.45, 2.75) is 12.4 Å². The molecule has 0 fully saturated rings. The van der Waals surface area contributed by atoms with Crippen LogP contribution in [-0.4, -0.2) is 10.9 Å². The van der Waals surface area contributed by atoms with Crippen molar-refractivity contribution in [3.05, 3.63) is 69.3 Å². The summed E-state index contributed by atoms with van der Waals surface area (Å²) in [4.78, 5) is 21.9. The lowest BCUT2D eigenvalue weighted by atomic mass is 10.1. The zero-order valence-electron chi connectivity index (χ0n) is 11.8. The number of carbonyl (C=O) groups excluding carboxylic acids is 1. The summed E-state index contributed by atoms with van der Waals surface area (Å²) in [6, 6.07) is 8.49. The number of halogens is 3. The van der Waals surface area contributed by atoms with Crippen LogP contribution < -0.4 is 5.32 Å². The van der Waals surface area contributed by atoms with Gasteiger partial charge < -0.3 is 10.1 Å². The van der Waals surface area contributed by atoms with E-state index in [1.165, 1.54) is 6.07 Å². The largest absolute Gasteiger partial charge is 0.434 e. The van der Waals surface area contributed by atoms with E-state index in [9.17, 15) is 28.1 Å². The second-order valence-corrected chi connectivity index (χ2v) is 5.00. The number of nitro benzene ring substituents is 1. The van der Waals surface area contributed by atoms with Gasteiger partial charge in [-0.05, 0) is 18.2 Å². The SMILES string of the molecule is O=C1OC(Nc2ccc(C(F)(F)F)cc2[N+](=O)[O-])c2ccccc21. The molecule has 1 N–H and O–H groups in total. The molecule has 0 aliphatic carbocycles. The van der Waals surface area contributed by atoms with Crippen LogP contribution in [0.15, 0.2) is 42.5 Å². The van der Waals surface area contributed by atoms with Gasteiger partial charge in [-0.3, -0.25) is 10.1 Å². The Morgan fingerprint density at radius 2 is 1.88 bits per heavy atom. The van der Waals surface area contributed by atoms with Crippen LogP contribution in [0.2, 0.25) is 0 Å². The first-order chi connectivity index (χ1) is 11.3. The molecule has 9 heteroatoms. The van der Waals surface area contributed by atoms with Gasteiger partial charge in [0.2, 0.25) is 6.23 Å². The van der Waals surface area contributed by atoms with Gasteiger partial charge in [0.25, 0.3) is 5.69 Å². The number of carbonyl (C=O) groups is 1. The van der Waals surface area contributed by atoms with Crippen molar-refractivity contribution in [2.24, 2.45) is 0 Å². The molecule has 2 aromatic rings. The Morgan fingerprint density at radius 1 is 1.17 bits per heavy atom. The van der Waals surface area contributed by atoms with E-state index in [2.05, 4.69) is 5.32 Å². The summed E-state index contributed by atoms with van der Waals surface area (Å²) in [6.07, 6.45) is -5.71. The number of nitrogens with one attached hydrogen (secondary N) is 1. The summed E-state index contributed by atoms with van der Waals surface area (Å²) in [7, 11) is 0. The van der Waals surface area contributed by atoms with E-state index in [0.29, 0.717) is 17.2 Å². The number of ether oxygens (including phenoxy) is 1. The number of anilines is 1. The number of nitro groups is 1. The third-order valence-electron chi connectivity index (χ3n) is 3.50. The van der Waals surface area contributed by atoms with Crippen LogP contribution in [0.25, 0.3) is 0 Å². The van der Waals surface area contributed by atoms with Crippen LogP contribution in [0.4, 0.5) is 24.5 Å². The van der Waals surface area contributed by atoms with Gasteiger partial charge in [-0.15, -0.1) is 0 Å². The molecule has 0 aromatic heterocycles. The molecule has 1 atom stereocenters. The standard InChI is InChI=1S/C15H9F3N2O4/c16-15(17,18)8-5-6-11(12(7-8)20(22)23)19-13-9-3-1-2-4-10(9)14(21)24-13/h1-7,13,19H. The van der Waals surface area contributed by atoms with Gasteiger partial charge in [-0.25, -0.2) is 4.79 Å². The van der Waals surface area contributed by atoms with E-state index in [1.54, 1.807) is 18.2 Å². The van der Waals surface area contributed by atoms with Crippen LogP contribution in [0, 0.1) is 10.1 Å². The third-order valence-corrected chi connectivity index (χ3v) is 3.50. The van der Waals surface area contributed by atoms with Crippen molar-refractivity contribution in [1.29, 1.82) is 0 Å². The zero-order chi connectivity index (χ0) is 17.5. The monoisotopic (exact) mass is 338 g/mol. The number of benzene rings is 2. The molecule has 24 heavy (non-hydrogen) atoms. The molecule has 3 rings (SSSR count). The van der Waals surface area contributed by atoms with Crippen molar-refractivity contribution < 1.29 is 27.6 Å². The van der Waals surface area contributed by atoms with Crippen LogP contribution >= 0.6 is 0 Å². The first kappa shape index (κ1) is 15.8. The molecule has 0 saturated carbocycles. The van der Waals surface area contributed by atoms with E-state index in [-0.39, 0.29) is 5.69 Å². The highest BCUT2D eigenvalue weighted by Crippen LogP contribution is 2.38. The number of rotatable bonds is 3. The molecular weight excluding hydrogens is 329 g/mol. The van der Waals surface area contributed by atoms with Crippen LogP contribution in [0.1, 0.15) is 27.7 Å². The molecule has 0 bridgehead atoms. The van der Waals surface area contributed by atoms with Gasteiger partial charge in [0.05, 0.1) is 16.1 Å². The lowest BCUT2D eigenvalue weighted by molar-refractivity contribution is -0.384. The van der Waals surface area contributed by atoms with Crippen LogP contribution in [0.3, 0.4) is 0 Å². The molecule has 2 aromatic carbocycles. The number of nitrogens with zero attached hydrogens (tertiary/aromatic N) is 1. The molecular formula is C15H9F3N2O4. The fourth-order valence-electron chi connectivity index (χ4n) is 2.38. The first-order valence-electron chi connectivity index (χ1n) is 6.69. The number of alkyl halides is 3. The fraction of sp³-hybridized carbons (Fsp3) is 0.133. The molecule has 1 aliphatic heterocycles. The molecule has 0 amide bonds. The van der Waals surface area contributed by atoms with Gasteiger partial charge in [-0.2, -0.15) is 13.2 Å². The average molecular weight is 338 g/mol. The predicted octanol–water partition coefficient (Wildman–Crippen LogP) is 3.89. The van der Waals surface area contributed by atoms with E-state index < -0.39 is 34.5 Å². The Labute approximate surface area is 133 Å². The normalized spacial score (nSPS) is 16.5. The summed E-state index contributed by atoms with van der Waals surface area (Å²) >= 11 is 0. The highest BCUT2D eigenvalue weighted by Gasteiger charge is 2.35. The number of esters is 1. The second-order valence-electron chi connectivity index (χ2n) is 5.00. The Hall–Kier alpha value is -3.10. The van der Waals surface area contributed by atoms with Gasteiger partial charge in [0, 0.05) is 11.6 Å². The van der Waals surface area contributed by atoms with E-state index in [4.69, 9.17) is 4.74 Å². The third kappa shape index (κ3) is 2.75. The smallest absolute Gasteiger partial charge is 0.416 e. The molecule has 0 spiro atoms. The quantitative estimate of drug-likeness (QED) is 0.521.